The van der Waals surface area contributed by atoms with Gasteiger partial charge in [-0.25, -0.2) is 13.2 Å². The van der Waals surface area contributed by atoms with Crippen molar-refractivity contribution in [1.82, 2.24) is 14.7 Å². The molecule has 12 aliphatic rings. The van der Waals surface area contributed by atoms with Crippen LogP contribution in [0.25, 0.3) is 0 Å². The monoisotopic (exact) mass is 1630 g/mol. The molecule has 690 valence electrons. The number of ether oxygens (including phenoxy) is 2. The average molecular weight is 1630 g/mol. The lowest BCUT2D eigenvalue weighted by Crippen LogP contribution is -2.41. The third-order valence-electron chi connectivity index (χ3n) is 30.8. The van der Waals surface area contributed by atoms with Crippen LogP contribution >= 0.6 is 0 Å². The third kappa shape index (κ3) is 53.5. The fraction of sp³-hybridized carbons (Fsp3) is 1.00. The molecule has 115 heavy (non-hydrogen) atoms. The molecule has 12 rings (SSSR count). The number of hydrogen-bond donors (Lipinski definition) is 1. The summed E-state index contributed by atoms with van der Waals surface area (Å²) in [4.78, 5) is 6.92. The molecule has 6 nitrogen and oxygen atoms in total. The minimum absolute atomic E-state index is 0.230. The minimum atomic E-state index is -0.728. The fourth-order valence-electron chi connectivity index (χ4n) is 20.8. The lowest BCUT2D eigenvalue weighted by atomic mass is 9.77. The number of rotatable bonds is 12. The van der Waals surface area contributed by atoms with Crippen molar-refractivity contribution in [2.45, 2.75) is 442 Å². The van der Waals surface area contributed by atoms with E-state index in [9.17, 15) is 13.2 Å². The Morgan fingerprint density at radius 1 is 0.243 bits per heavy atom. The highest BCUT2D eigenvalue weighted by Gasteiger charge is 2.32. The van der Waals surface area contributed by atoms with Crippen molar-refractivity contribution in [3.8, 4) is 0 Å². The van der Waals surface area contributed by atoms with Crippen LogP contribution in [0.2, 0.25) is 0 Å². The summed E-state index contributed by atoms with van der Waals surface area (Å²) in [5.74, 6) is 21.4. The van der Waals surface area contributed by atoms with E-state index >= 15 is 0 Å². The lowest BCUT2D eigenvalue weighted by molar-refractivity contribution is -0.0161. The van der Waals surface area contributed by atoms with E-state index in [1.807, 2.05) is 7.05 Å². The Kier molecular flexibility index (Phi) is 64.7. The molecule has 5 heterocycles. The Labute approximate surface area is 721 Å². The summed E-state index contributed by atoms with van der Waals surface area (Å²) in [6, 6.07) is 0.501. The molecule has 0 bridgehead atoms. The highest BCUT2D eigenvalue weighted by atomic mass is 19.1. The van der Waals surface area contributed by atoms with E-state index in [2.05, 4.69) is 209 Å². The molecule has 5 aliphatic heterocycles. The highest BCUT2D eigenvalue weighted by molar-refractivity contribution is 4.83. The first kappa shape index (κ1) is 113. The molecular formula is C106H213F3N4O2. The summed E-state index contributed by atoms with van der Waals surface area (Å²) in [7, 11) is 6.42. The third-order valence-corrected chi connectivity index (χ3v) is 30.8. The van der Waals surface area contributed by atoms with E-state index in [1.54, 1.807) is 0 Å². The predicted molar refractivity (Wildman–Crippen MR) is 506 cm³/mol. The van der Waals surface area contributed by atoms with Crippen molar-refractivity contribution in [3.63, 3.8) is 0 Å². The van der Waals surface area contributed by atoms with Crippen molar-refractivity contribution >= 4 is 0 Å². The van der Waals surface area contributed by atoms with Gasteiger partial charge in [0.1, 0.15) is 18.5 Å². The van der Waals surface area contributed by atoms with Gasteiger partial charge >= 0.3 is 0 Å². The SMILES string of the molecule is CC(C)C1CCCC(N)C1.CC(C)C1CCCC1.CC(C)C1CCCCC1.CC(C)C1CCCCC1.CC(C)C1CCCCC1F.CC(C)C1CCCOC1.CC(C)C1CCN(C)C1.CC(C)C1CCN(C)CC1.CC(C)C1CCN(C)CC1F.CC(C)C1CCOCC1F.CC1CCC(C(C)C)CC1.CC1CCCC(C(C)C)C1. The molecule has 12 fully saturated rings. The van der Waals surface area contributed by atoms with Gasteiger partial charge in [-0.15, -0.1) is 0 Å². The van der Waals surface area contributed by atoms with Gasteiger partial charge in [-0.2, -0.15) is 0 Å². The summed E-state index contributed by atoms with van der Waals surface area (Å²) >= 11 is 0. The van der Waals surface area contributed by atoms with Crippen LogP contribution < -0.4 is 5.73 Å². The molecule has 12 atom stereocenters. The number of likely N-dealkylation sites (tertiary alicyclic amines) is 3. The first-order chi connectivity index (χ1) is 54.2. The smallest absolute Gasteiger partial charge is 0.126 e. The zero-order valence-corrected chi connectivity index (χ0v) is 83.4. The summed E-state index contributed by atoms with van der Waals surface area (Å²) in [5, 5.41) is 0. The van der Waals surface area contributed by atoms with Crippen LogP contribution in [0, 0.1) is 154 Å². The standard InChI is InChI=1S/2C10H20.C9H18FN.C9H17F.2C9H19N.2C9H18.C8H15FO.C8H17N.C8H16O.C8H16/c1-8(2)10-6-4-9(3)5-7-10;1-8(2)10-6-4-5-9(3)7-10;1-7(2)8-4-5-11(3)6-9(8)10;1-7(2)8-5-3-4-6-9(8)10;1-8(2)9-4-6-10(3)7-5-9;1-7(2)8-4-3-5-9(10)6-8;2*1-8(2)9-6-4-3-5-7-9;1-6(2)7-3-4-10-5-8(7)9;1-7(2)8-4-5-9(3)6-8;1-7(2)8-4-3-5-9-6-8;1-7(2)8-5-3-4-6-8/h2*8-10H,4-7H2,1-3H3;7-9H,4-6H2,1-3H3;7-9H,3-6H2,1-2H3;8-9H,4-7H2,1-3H3;7-9H,3-6,10H2,1-2H3;2*8-9H,3-7H2,1-2H3;6-8H,3-5H2,1-2H3;7-8H,4-6H2,1-3H3;7-8H,3-6H2,1-2H3;7-8H,3-6H2,1-2H3. The summed E-state index contributed by atoms with van der Waals surface area (Å²) in [6.07, 6.45) is 49.2. The maximum absolute atomic E-state index is 13.3. The Morgan fingerprint density at radius 3 is 0.904 bits per heavy atom. The Bertz CT molecular complexity index is 1990. The maximum atomic E-state index is 13.3. The summed E-state index contributed by atoms with van der Waals surface area (Å²) in [6.45, 7) is 69.4. The average Bonchev–Trinajstić information content (AvgIpc) is 1.49. The van der Waals surface area contributed by atoms with Crippen molar-refractivity contribution < 1.29 is 22.6 Å². The Balaban J connectivity index is 0.000000628. The zero-order valence-electron chi connectivity index (χ0n) is 83.4. The largest absolute Gasteiger partial charge is 0.381 e. The number of piperidine rings is 2. The quantitative estimate of drug-likeness (QED) is 0.210. The van der Waals surface area contributed by atoms with Gasteiger partial charge in [0.15, 0.2) is 0 Å². The van der Waals surface area contributed by atoms with Gasteiger partial charge in [-0.1, -0.05) is 328 Å². The molecule has 0 aromatic rings. The van der Waals surface area contributed by atoms with Gasteiger partial charge in [0.25, 0.3) is 0 Å². The normalized spacial score (nSPS) is 30.3. The molecule has 0 aromatic heterocycles. The van der Waals surface area contributed by atoms with Gasteiger partial charge in [0.05, 0.1) is 6.61 Å². The molecule has 0 spiro atoms. The van der Waals surface area contributed by atoms with E-state index in [4.69, 9.17) is 15.2 Å². The highest BCUT2D eigenvalue weighted by Crippen LogP contribution is 2.38. The molecule has 2 N–H and O–H groups in total. The molecule has 0 aromatic carbocycles. The van der Waals surface area contributed by atoms with E-state index < -0.39 is 18.5 Å². The second kappa shape index (κ2) is 66.1. The predicted octanol–water partition coefficient (Wildman–Crippen LogP) is 31.1. The number of halogens is 3. The molecule has 7 saturated carbocycles. The molecule has 12 unspecified atom stereocenters. The van der Waals surface area contributed by atoms with Crippen molar-refractivity contribution in [3.05, 3.63) is 0 Å². The molecule has 7 aliphatic carbocycles. The lowest BCUT2D eigenvalue weighted by Gasteiger charge is -2.34. The van der Waals surface area contributed by atoms with Gasteiger partial charge < -0.3 is 29.9 Å². The Morgan fingerprint density at radius 2 is 0.583 bits per heavy atom. The topological polar surface area (TPSA) is 54.2 Å². The second-order valence-electron chi connectivity index (χ2n) is 44.7. The summed E-state index contributed by atoms with van der Waals surface area (Å²) in [5.41, 5.74) is 5.86. The first-order valence-corrected chi connectivity index (χ1v) is 51.1. The van der Waals surface area contributed by atoms with Crippen LogP contribution in [0.4, 0.5) is 13.2 Å². The number of hydrogen-bond acceptors (Lipinski definition) is 6. The number of nitrogens with two attached hydrogens (primary N) is 1. The van der Waals surface area contributed by atoms with Crippen LogP contribution in [0.1, 0.15) is 418 Å². The van der Waals surface area contributed by atoms with Gasteiger partial charge in [0, 0.05) is 39.0 Å². The number of nitrogens with zero attached hydrogens (tertiary/aromatic N) is 3. The maximum Gasteiger partial charge on any atom is 0.126 e. The summed E-state index contributed by atoms with van der Waals surface area (Å²) < 4.78 is 49.7. The minimum Gasteiger partial charge on any atom is -0.381 e. The van der Waals surface area contributed by atoms with E-state index in [1.165, 1.54) is 232 Å². The van der Waals surface area contributed by atoms with Crippen molar-refractivity contribution in [1.29, 1.82) is 0 Å². The molecule has 0 amide bonds. The zero-order chi connectivity index (χ0) is 86.7. The van der Waals surface area contributed by atoms with Gasteiger partial charge in [-0.05, 0) is 291 Å². The van der Waals surface area contributed by atoms with Crippen LogP contribution in [0.3, 0.4) is 0 Å². The van der Waals surface area contributed by atoms with Crippen LogP contribution in [-0.4, -0.2) is 126 Å². The van der Waals surface area contributed by atoms with Crippen LogP contribution in [0.5, 0.6) is 0 Å². The number of alkyl halides is 3. The van der Waals surface area contributed by atoms with E-state index in [0.717, 1.165) is 177 Å². The molecular weight excluding hydrogens is 1420 g/mol. The molecule has 9 heteroatoms. The Hall–Kier alpha value is -0.450. The molecule has 5 saturated heterocycles. The van der Waals surface area contributed by atoms with E-state index in [-0.39, 0.29) is 5.92 Å². The van der Waals surface area contributed by atoms with Crippen LogP contribution in [0.15, 0.2) is 0 Å². The first-order valence-electron chi connectivity index (χ1n) is 51.1. The van der Waals surface area contributed by atoms with Gasteiger partial charge in [0.2, 0.25) is 0 Å². The van der Waals surface area contributed by atoms with Crippen molar-refractivity contribution in [2.24, 2.45) is 160 Å². The fourth-order valence-corrected chi connectivity index (χ4v) is 20.8. The van der Waals surface area contributed by atoms with Gasteiger partial charge in [-0.3, -0.25) is 0 Å². The molecule has 0 radical (unpaired) electrons. The second-order valence-corrected chi connectivity index (χ2v) is 44.7. The van der Waals surface area contributed by atoms with Crippen molar-refractivity contribution in [2.75, 3.05) is 86.8 Å². The van der Waals surface area contributed by atoms with Crippen LogP contribution in [-0.2, 0) is 9.47 Å². The van der Waals surface area contributed by atoms with E-state index in [0.29, 0.717) is 48.8 Å².